The van der Waals surface area contributed by atoms with Crippen LogP contribution in [0.3, 0.4) is 0 Å². The average molecular weight is 423 g/mol. The van der Waals surface area contributed by atoms with E-state index in [4.69, 9.17) is 13.9 Å². The molecular formula is C24H25NO6. The van der Waals surface area contributed by atoms with Crippen LogP contribution in [0.25, 0.3) is 11.0 Å². The van der Waals surface area contributed by atoms with E-state index in [1.807, 2.05) is 6.07 Å². The lowest BCUT2D eigenvalue weighted by Gasteiger charge is -2.25. The molecule has 1 unspecified atom stereocenters. The predicted octanol–water partition coefficient (Wildman–Crippen LogP) is 3.37. The molecule has 1 aliphatic heterocycles. The van der Waals surface area contributed by atoms with E-state index in [9.17, 15) is 14.7 Å². The van der Waals surface area contributed by atoms with Gasteiger partial charge < -0.3 is 23.9 Å². The predicted molar refractivity (Wildman–Crippen MR) is 116 cm³/mol. The van der Waals surface area contributed by atoms with Gasteiger partial charge in [-0.3, -0.25) is 9.59 Å². The number of nitrogens with zero attached hydrogens (tertiary/aromatic N) is 1. The molecule has 4 rings (SSSR count). The number of hydrogen-bond donors (Lipinski definition) is 1. The molecule has 1 N–H and O–H groups in total. The zero-order valence-corrected chi connectivity index (χ0v) is 17.8. The highest BCUT2D eigenvalue weighted by atomic mass is 16.5. The highest BCUT2D eigenvalue weighted by molar-refractivity contribution is 5.99. The zero-order valence-electron chi connectivity index (χ0n) is 17.8. The molecular weight excluding hydrogens is 398 g/mol. The molecule has 0 bridgehead atoms. The van der Waals surface area contributed by atoms with Crippen molar-refractivity contribution in [2.24, 2.45) is 5.92 Å². The van der Waals surface area contributed by atoms with Crippen molar-refractivity contribution in [1.82, 2.24) is 4.90 Å². The first kappa shape index (κ1) is 20.9. The summed E-state index contributed by atoms with van der Waals surface area (Å²) in [6.45, 7) is 4.47. The molecule has 0 radical (unpaired) electrons. The summed E-state index contributed by atoms with van der Waals surface area (Å²) in [7, 11) is 1.54. The van der Waals surface area contributed by atoms with Crippen LogP contribution >= 0.6 is 0 Å². The van der Waals surface area contributed by atoms with Crippen molar-refractivity contribution in [3.05, 3.63) is 69.6 Å². The first-order chi connectivity index (χ1) is 15.0. The number of hydrogen-bond acceptors (Lipinski definition) is 6. The third-order valence-corrected chi connectivity index (χ3v) is 5.29. The fourth-order valence-corrected chi connectivity index (χ4v) is 3.88. The maximum absolute atomic E-state index is 13.3. The Morgan fingerprint density at radius 2 is 1.90 bits per heavy atom. The molecule has 0 saturated carbocycles. The van der Waals surface area contributed by atoms with Gasteiger partial charge in [0.05, 0.1) is 37.3 Å². The fourth-order valence-electron chi connectivity index (χ4n) is 3.88. The van der Waals surface area contributed by atoms with Gasteiger partial charge in [0.1, 0.15) is 5.58 Å². The first-order valence-electron chi connectivity index (χ1n) is 10.2. The van der Waals surface area contributed by atoms with Gasteiger partial charge in [0.25, 0.3) is 5.91 Å². The van der Waals surface area contributed by atoms with Crippen LogP contribution in [0.4, 0.5) is 0 Å². The normalized spacial score (nSPS) is 15.6. The summed E-state index contributed by atoms with van der Waals surface area (Å²) >= 11 is 0. The molecule has 7 nitrogen and oxygen atoms in total. The Hall–Kier alpha value is -3.32. The lowest BCUT2D eigenvalue weighted by atomic mass is 9.98. The largest absolute Gasteiger partial charge is 0.493 e. The van der Waals surface area contributed by atoms with Crippen molar-refractivity contribution in [2.75, 3.05) is 26.9 Å². The van der Waals surface area contributed by atoms with Crippen LogP contribution in [-0.4, -0.2) is 42.8 Å². The van der Waals surface area contributed by atoms with Gasteiger partial charge in [-0.05, 0) is 35.7 Å². The summed E-state index contributed by atoms with van der Waals surface area (Å²) in [4.78, 5) is 27.9. The average Bonchev–Trinajstić information content (AvgIpc) is 3.04. The molecule has 162 valence electrons. The molecule has 0 aliphatic carbocycles. The molecule has 7 heteroatoms. The van der Waals surface area contributed by atoms with Gasteiger partial charge in [-0.15, -0.1) is 0 Å². The molecule has 0 fully saturated rings. The van der Waals surface area contributed by atoms with Crippen molar-refractivity contribution < 1.29 is 23.8 Å². The Morgan fingerprint density at radius 3 is 2.61 bits per heavy atom. The number of rotatable bonds is 7. The molecule has 3 aromatic rings. The van der Waals surface area contributed by atoms with Gasteiger partial charge in [-0.25, -0.2) is 0 Å². The Kier molecular flexibility index (Phi) is 5.69. The number of aliphatic hydroxyl groups is 1. The van der Waals surface area contributed by atoms with E-state index in [2.05, 4.69) is 13.8 Å². The summed E-state index contributed by atoms with van der Waals surface area (Å²) in [5.41, 5.74) is 1.06. The number of β-amino-alcohol motifs (C(OH)–C–C–N with tert-alkyl or cyclic N) is 1. The third-order valence-electron chi connectivity index (χ3n) is 5.29. The van der Waals surface area contributed by atoms with Crippen molar-refractivity contribution in [2.45, 2.75) is 19.9 Å². The van der Waals surface area contributed by atoms with Gasteiger partial charge in [-0.2, -0.15) is 0 Å². The van der Waals surface area contributed by atoms with Crippen LogP contribution in [0.5, 0.6) is 11.5 Å². The third kappa shape index (κ3) is 3.65. The summed E-state index contributed by atoms with van der Waals surface area (Å²) in [5.74, 6) is 1.04. The maximum atomic E-state index is 13.3. The van der Waals surface area contributed by atoms with Crippen LogP contribution in [0.1, 0.15) is 41.6 Å². The molecule has 1 aliphatic rings. The first-order valence-corrected chi connectivity index (χ1v) is 10.2. The second kappa shape index (κ2) is 8.43. The molecule has 0 spiro atoms. The van der Waals surface area contributed by atoms with E-state index in [-0.39, 0.29) is 29.9 Å². The van der Waals surface area contributed by atoms with E-state index in [1.165, 1.54) is 4.90 Å². The summed E-state index contributed by atoms with van der Waals surface area (Å²) in [6.07, 6.45) is 0. The lowest BCUT2D eigenvalue weighted by Crippen LogP contribution is -2.32. The zero-order chi connectivity index (χ0) is 22.1. The van der Waals surface area contributed by atoms with Gasteiger partial charge in [0.15, 0.2) is 16.9 Å². The Bertz CT molecular complexity index is 1180. The molecule has 2 heterocycles. The summed E-state index contributed by atoms with van der Waals surface area (Å²) in [6, 6.07) is 11.5. The number of benzene rings is 2. The van der Waals surface area contributed by atoms with Crippen molar-refractivity contribution in [3.63, 3.8) is 0 Å². The van der Waals surface area contributed by atoms with E-state index >= 15 is 0 Å². The number of carbonyl (C=O) groups excluding carboxylic acids is 1. The number of methoxy groups -OCH3 is 1. The maximum Gasteiger partial charge on any atom is 0.290 e. The standard InChI is InChI=1S/C24H25NO6/c1-14(2)13-30-18-9-8-15(12-19(18)29-3)21-20-22(27)16-6-4-5-7-17(16)31-23(20)24(28)25(21)10-11-26/h4-9,12,14,21,26H,10-11,13H2,1-3H3. The number of ether oxygens (including phenoxy) is 2. The molecule has 0 saturated heterocycles. The Labute approximate surface area is 179 Å². The van der Waals surface area contributed by atoms with Crippen LogP contribution in [0.15, 0.2) is 51.7 Å². The van der Waals surface area contributed by atoms with Crippen LogP contribution in [0.2, 0.25) is 0 Å². The van der Waals surface area contributed by atoms with E-state index in [0.717, 1.165) is 0 Å². The van der Waals surface area contributed by atoms with Gasteiger partial charge in [0.2, 0.25) is 5.76 Å². The highest BCUT2D eigenvalue weighted by Crippen LogP contribution is 2.40. The monoisotopic (exact) mass is 423 g/mol. The molecule has 1 atom stereocenters. The van der Waals surface area contributed by atoms with Crippen molar-refractivity contribution >= 4 is 16.9 Å². The Morgan fingerprint density at radius 1 is 1.13 bits per heavy atom. The number of para-hydroxylation sites is 1. The van der Waals surface area contributed by atoms with Gasteiger partial charge in [-0.1, -0.05) is 32.0 Å². The number of amides is 1. The molecule has 2 aromatic carbocycles. The van der Waals surface area contributed by atoms with Crippen LogP contribution in [-0.2, 0) is 0 Å². The fraction of sp³-hybridized carbons (Fsp3) is 0.333. The number of aliphatic hydroxyl groups excluding tert-OH is 1. The second-order valence-corrected chi connectivity index (χ2v) is 7.91. The molecule has 31 heavy (non-hydrogen) atoms. The van der Waals surface area contributed by atoms with E-state index < -0.39 is 11.9 Å². The molecule has 1 aromatic heterocycles. The highest BCUT2D eigenvalue weighted by Gasteiger charge is 2.42. The van der Waals surface area contributed by atoms with Crippen molar-refractivity contribution in [1.29, 1.82) is 0 Å². The van der Waals surface area contributed by atoms with Crippen molar-refractivity contribution in [3.8, 4) is 11.5 Å². The van der Waals surface area contributed by atoms with Crippen LogP contribution < -0.4 is 14.9 Å². The SMILES string of the molecule is COc1cc(C2c3c(oc4ccccc4c3=O)C(=O)N2CCO)ccc1OCC(C)C. The summed E-state index contributed by atoms with van der Waals surface area (Å²) < 4.78 is 17.2. The van der Waals surface area contributed by atoms with E-state index in [1.54, 1.807) is 43.5 Å². The van der Waals surface area contributed by atoms with Crippen LogP contribution in [0, 0.1) is 5.92 Å². The minimum absolute atomic E-state index is 0.0150. The minimum atomic E-state index is -0.691. The quantitative estimate of drug-likeness (QED) is 0.627. The lowest BCUT2D eigenvalue weighted by molar-refractivity contribution is 0.0691. The van der Waals surface area contributed by atoms with Gasteiger partial charge >= 0.3 is 0 Å². The minimum Gasteiger partial charge on any atom is -0.493 e. The number of carbonyl (C=O) groups is 1. The Balaban J connectivity index is 1.86. The second-order valence-electron chi connectivity index (χ2n) is 7.91. The van der Waals surface area contributed by atoms with E-state index in [0.29, 0.717) is 40.6 Å². The number of fused-ring (bicyclic) bond motifs is 2. The topological polar surface area (TPSA) is 89.2 Å². The smallest absolute Gasteiger partial charge is 0.290 e. The van der Waals surface area contributed by atoms with Gasteiger partial charge in [0, 0.05) is 6.54 Å². The summed E-state index contributed by atoms with van der Waals surface area (Å²) in [5, 5.41) is 9.98. The molecule has 1 amide bonds.